The zero-order valence-electron chi connectivity index (χ0n) is 66.6. The number of benzene rings is 5. The molecule has 0 bridgehead atoms. The molecular formula is C97H163FO5. The van der Waals surface area contributed by atoms with Crippen LogP contribution in [0.5, 0.6) is 0 Å². The van der Waals surface area contributed by atoms with E-state index in [1.54, 1.807) is 6.07 Å². The summed E-state index contributed by atoms with van der Waals surface area (Å²) in [6.07, 6.45) is 60.7. The van der Waals surface area contributed by atoms with E-state index in [2.05, 4.69) is 108 Å². The largest absolute Gasteiger partial charge is 0.396 e. The molecule has 6 heteroatoms. The second kappa shape index (κ2) is 50.5. The van der Waals surface area contributed by atoms with Crippen molar-refractivity contribution in [3.63, 3.8) is 0 Å². The van der Waals surface area contributed by atoms with Crippen LogP contribution < -0.4 is 0 Å². The number of aliphatic hydroxyl groups is 5. The third kappa shape index (κ3) is 30.4. The molecule has 588 valence electrons. The quantitative estimate of drug-likeness (QED) is 0.0285. The van der Waals surface area contributed by atoms with E-state index in [4.69, 9.17) is 20.4 Å². The Morgan fingerprint density at radius 1 is 0.291 bits per heavy atom. The third-order valence-electron chi connectivity index (χ3n) is 26.3. The first kappa shape index (κ1) is 86.1. The van der Waals surface area contributed by atoms with Crippen LogP contribution in [-0.2, 0) is 32.3 Å². The highest BCUT2D eigenvalue weighted by Gasteiger charge is 2.34. The highest BCUT2D eigenvalue weighted by molar-refractivity contribution is 5.71. The summed E-state index contributed by atoms with van der Waals surface area (Å²) in [5.74, 6) is 11.4. The van der Waals surface area contributed by atoms with Crippen LogP contribution >= 0.6 is 0 Å². The lowest BCUT2D eigenvalue weighted by Gasteiger charge is -2.38. The maximum absolute atomic E-state index is 14.6. The molecule has 103 heavy (non-hydrogen) atoms. The molecule has 0 aromatic heterocycles. The number of hydrogen-bond acceptors (Lipinski definition) is 5. The van der Waals surface area contributed by atoms with Crippen molar-refractivity contribution in [1.82, 2.24) is 0 Å². The summed E-state index contributed by atoms with van der Waals surface area (Å²) in [7, 11) is 0. The number of unbranched alkanes of at least 4 members (excludes halogenated alkanes) is 6. The first-order valence-corrected chi connectivity index (χ1v) is 43.7. The van der Waals surface area contributed by atoms with Gasteiger partial charge in [-0.25, -0.2) is 4.39 Å². The lowest BCUT2D eigenvalue weighted by molar-refractivity contribution is 0.115. The fourth-order valence-corrected chi connectivity index (χ4v) is 19.6. The van der Waals surface area contributed by atoms with Gasteiger partial charge in [-0.1, -0.05) is 299 Å². The second-order valence-electron chi connectivity index (χ2n) is 33.6. The molecule has 6 saturated carbocycles. The first-order chi connectivity index (χ1) is 50.5. The second-order valence-corrected chi connectivity index (χ2v) is 33.6. The molecule has 6 aliphatic rings. The molecule has 0 radical (unpaired) electrons. The standard InChI is InChI=1S/C22H21FO.C20H38O.C19H24O.C19H36O.C17H32O.6H2/c1-2-3-16-4-8-18(9-5-16)20-12-13-21(22(23)14-20)19-10-6-17(15-24)7-11-19;1-2-3-4-5-6-7-17-8-12-19(13-9-17)20-14-10-18(16-21)11-15-20;1-3-5-15-6-9-18(10-7-15)19-11-8-16(12-13-20)14-17(19)4-2;1-2-3-4-5-16-6-10-18(11-7-16)19-12-8-17(9-13-19)14-15-20;1-2-3-14-4-8-16(9-5-14)17-10-6-15(7-11-17)12-13-18;;;;;;/h4-14,24H,2-3,15H2,1H3;17-21H,2-16H2,1H3;6-11,14,20H,3-5,12-13H2,1-2H3;16-20H,2-15H2,1H3;14-18H,2-13H2,1H3;6*1H. The molecule has 0 spiro atoms. The van der Waals surface area contributed by atoms with Gasteiger partial charge in [0.2, 0.25) is 0 Å². The Labute approximate surface area is 639 Å². The van der Waals surface area contributed by atoms with Crippen LogP contribution in [0.2, 0.25) is 0 Å². The molecule has 5 N–H and O–H groups in total. The summed E-state index contributed by atoms with van der Waals surface area (Å²) in [5.41, 5.74) is 12.0. The van der Waals surface area contributed by atoms with Gasteiger partial charge in [0.25, 0.3) is 0 Å². The van der Waals surface area contributed by atoms with Crippen LogP contribution in [0.25, 0.3) is 33.4 Å². The summed E-state index contributed by atoms with van der Waals surface area (Å²) in [6, 6.07) is 36.5. The molecule has 5 aromatic rings. The molecule has 0 unspecified atom stereocenters. The van der Waals surface area contributed by atoms with Crippen molar-refractivity contribution in [2.45, 2.75) is 331 Å². The van der Waals surface area contributed by atoms with Gasteiger partial charge in [-0.2, -0.15) is 0 Å². The van der Waals surface area contributed by atoms with Gasteiger partial charge < -0.3 is 25.5 Å². The van der Waals surface area contributed by atoms with Crippen molar-refractivity contribution >= 4 is 0 Å². The van der Waals surface area contributed by atoms with Gasteiger partial charge in [0.05, 0.1) is 6.61 Å². The maximum Gasteiger partial charge on any atom is 0.131 e. The minimum atomic E-state index is -0.234. The summed E-state index contributed by atoms with van der Waals surface area (Å²) >= 11 is 0. The van der Waals surface area contributed by atoms with E-state index < -0.39 is 0 Å². The van der Waals surface area contributed by atoms with E-state index in [1.807, 2.05) is 36.4 Å². The van der Waals surface area contributed by atoms with E-state index >= 15 is 0 Å². The molecule has 6 aliphatic carbocycles. The summed E-state index contributed by atoms with van der Waals surface area (Å²) in [5, 5.41) is 45.5. The summed E-state index contributed by atoms with van der Waals surface area (Å²) in [4.78, 5) is 0. The number of halogens is 1. The van der Waals surface area contributed by atoms with Gasteiger partial charge in [-0.15, -0.1) is 0 Å². The van der Waals surface area contributed by atoms with Crippen LogP contribution in [0.4, 0.5) is 4.39 Å². The Hall–Kier alpha value is -4.17. The monoisotopic (exact) mass is 1430 g/mol. The van der Waals surface area contributed by atoms with Crippen molar-refractivity contribution in [3.8, 4) is 33.4 Å². The molecule has 11 rings (SSSR count). The Balaban J connectivity index is 0.000000674. The lowest BCUT2D eigenvalue weighted by atomic mass is 9.68. The number of aliphatic hydroxyl groups excluding tert-OH is 5. The van der Waals surface area contributed by atoms with Gasteiger partial charge in [0.1, 0.15) is 5.82 Å². The minimum absolute atomic E-state index is 0. The molecule has 6 fully saturated rings. The van der Waals surface area contributed by atoms with Crippen LogP contribution in [0.1, 0.15) is 335 Å². The van der Waals surface area contributed by atoms with E-state index in [0.29, 0.717) is 31.3 Å². The predicted molar refractivity (Wildman–Crippen MR) is 452 cm³/mol. The number of rotatable bonds is 31. The number of aryl methyl sites for hydroxylation is 3. The average Bonchev–Trinajstić information content (AvgIpc) is 0.817. The molecule has 5 aromatic carbocycles. The van der Waals surface area contributed by atoms with E-state index in [1.165, 1.54) is 271 Å². The third-order valence-corrected chi connectivity index (χ3v) is 26.3. The molecule has 0 saturated heterocycles. The molecule has 0 aliphatic heterocycles. The minimum Gasteiger partial charge on any atom is -0.396 e. The van der Waals surface area contributed by atoms with Crippen LogP contribution in [-0.4, -0.2) is 52.0 Å². The molecule has 0 amide bonds. The Morgan fingerprint density at radius 3 is 1.02 bits per heavy atom. The van der Waals surface area contributed by atoms with E-state index in [0.717, 1.165) is 132 Å². The predicted octanol–water partition coefficient (Wildman–Crippen LogP) is 27.8. The van der Waals surface area contributed by atoms with Crippen LogP contribution in [0, 0.1) is 76.8 Å². The zero-order chi connectivity index (χ0) is 73.2. The highest BCUT2D eigenvalue weighted by Crippen LogP contribution is 2.46. The number of hydrogen-bond donors (Lipinski definition) is 5. The van der Waals surface area contributed by atoms with Gasteiger partial charge in [-0.05, 0) is 261 Å². The lowest BCUT2D eigenvalue weighted by Crippen LogP contribution is -2.26. The Morgan fingerprint density at radius 2 is 0.641 bits per heavy atom. The van der Waals surface area contributed by atoms with Gasteiger partial charge in [-0.3, -0.25) is 0 Å². The molecule has 5 nitrogen and oxygen atoms in total. The SMILES string of the molecule is CCCC1CCC(C2CCC(CCO)CC2)CC1.CCCCCC1CCC(C2CCC(CCO)CC2)CC1.CCCCCCCC1CCC(C2CCC(CO)CC2)CC1.CCCc1ccc(-c2ccc(-c3ccc(CO)cc3)c(F)c2)cc1.CCCc1ccc(-c2ccc(CCO)cc2CC)cc1.[HH].[HH].[HH].[HH].[HH].[HH]. The topological polar surface area (TPSA) is 101 Å². The molecule has 0 atom stereocenters. The van der Waals surface area contributed by atoms with Crippen molar-refractivity contribution in [2.24, 2.45) is 71.0 Å². The molecular weight excluding hydrogens is 1260 g/mol. The van der Waals surface area contributed by atoms with Crippen molar-refractivity contribution in [3.05, 3.63) is 143 Å². The average molecular weight is 1430 g/mol. The fourth-order valence-electron chi connectivity index (χ4n) is 19.6. The Kier molecular flexibility index (Phi) is 42.2. The van der Waals surface area contributed by atoms with Crippen molar-refractivity contribution in [2.75, 3.05) is 26.4 Å². The van der Waals surface area contributed by atoms with Crippen molar-refractivity contribution in [1.29, 1.82) is 0 Å². The summed E-state index contributed by atoms with van der Waals surface area (Å²) < 4.78 is 14.6. The van der Waals surface area contributed by atoms with Gasteiger partial charge in [0.15, 0.2) is 0 Å². The molecule has 0 heterocycles. The van der Waals surface area contributed by atoms with Crippen molar-refractivity contribution < 1.29 is 38.5 Å². The Bertz CT molecular complexity index is 2920. The van der Waals surface area contributed by atoms with E-state index in [-0.39, 0.29) is 27.6 Å². The van der Waals surface area contributed by atoms with Crippen LogP contribution in [0.3, 0.4) is 0 Å². The first-order valence-electron chi connectivity index (χ1n) is 43.7. The van der Waals surface area contributed by atoms with Gasteiger partial charge >= 0.3 is 0 Å². The smallest absolute Gasteiger partial charge is 0.131 e. The normalized spacial score (nSPS) is 24.9. The van der Waals surface area contributed by atoms with Crippen LogP contribution in [0.15, 0.2) is 109 Å². The van der Waals surface area contributed by atoms with Gasteiger partial charge in [0, 0.05) is 40.6 Å². The maximum atomic E-state index is 14.6. The van der Waals surface area contributed by atoms with E-state index in [9.17, 15) is 9.50 Å². The fraction of sp³-hybridized carbons (Fsp3) is 0.691. The zero-order valence-corrected chi connectivity index (χ0v) is 66.6. The highest BCUT2D eigenvalue weighted by atomic mass is 19.1. The summed E-state index contributed by atoms with van der Waals surface area (Å²) in [6.45, 7) is 14.9.